The Kier molecular flexibility index (Phi) is 15.7. The maximum atomic E-state index is 12.9. The number of benzene rings is 1. The maximum Gasteiger partial charge on any atom is 0.336 e. The van der Waals surface area contributed by atoms with Gasteiger partial charge in [-0.25, -0.2) is 13.2 Å². The summed E-state index contributed by atoms with van der Waals surface area (Å²) >= 11 is 4.10. The summed E-state index contributed by atoms with van der Waals surface area (Å²) < 4.78 is 32.2. The number of unbranched alkanes of at least 4 members (excludes halogenated alkanes) is 11. The Labute approximate surface area is 220 Å². The Morgan fingerprint density at radius 1 is 0.829 bits per heavy atom. The fourth-order valence-electron chi connectivity index (χ4n) is 4.18. The van der Waals surface area contributed by atoms with E-state index < -0.39 is 20.6 Å². The van der Waals surface area contributed by atoms with Crippen LogP contribution in [0.15, 0.2) is 18.2 Å². The molecule has 0 aliphatic carbocycles. The number of rotatable bonds is 19. The molecular weight excluding hydrogens is 478 g/mol. The molecule has 1 aromatic rings. The van der Waals surface area contributed by atoms with Gasteiger partial charge in [0.05, 0.1) is 12.3 Å². The van der Waals surface area contributed by atoms with E-state index in [1.165, 1.54) is 57.8 Å². The number of ether oxygens (including phenoxy) is 1. The third-order valence-electron chi connectivity index (χ3n) is 6.36. The number of esters is 1. The highest BCUT2D eigenvalue weighted by molar-refractivity contribution is 8.06. The summed E-state index contributed by atoms with van der Waals surface area (Å²) in [7, 11) is -4.05. The average molecular weight is 528 g/mol. The van der Waals surface area contributed by atoms with Gasteiger partial charge >= 0.3 is 5.97 Å². The van der Waals surface area contributed by atoms with Gasteiger partial charge in [0.1, 0.15) is 0 Å². The van der Waals surface area contributed by atoms with Crippen LogP contribution in [0.1, 0.15) is 135 Å². The normalized spacial score (nSPS) is 12.8. The first-order valence-corrected chi connectivity index (χ1v) is 15.7. The summed E-state index contributed by atoms with van der Waals surface area (Å²) in [4.78, 5) is 12.4. The minimum Gasteiger partial charge on any atom is -0.464 e. The molecule has 1 unspecified atom stereocenters. The molecule has 0 aliphatic heterocycles. The number of carbonyl (C=O) groups excluding carboxylic acids is 1. The van der Waals surface area contributed by atoms with Crippen molar-refractivity contribution in [3.8, 4) is 0 Å². The van der Waals surface area contributed by atoms with E-state index in [4.69, 9.17) is 4.74 Å². The topological polar surface area (TPSA) is 72.5 Å². The summed E-state index contributed by atoms with van der Waals surface area (Å²) in [6, 6.07) is 5.76. The van der Waals surface area contributed by atoms with Crippen molar-refractivity contribution >= 4 is 34.3 Å². The molecule has 0 saturated carbocycles. The largest absolute Gasteiger partial charge is 0.464 e. The highest BCUT2D eigenvalue weighted by atomic mass is 32.3. The van der Waals surface area contributed by atoms with Gasteiger partial charge in [0.25, 0.3) is 10.0 Å². The number of para-hydroxylation sites is 1. The second-order valence-corrected chi connectivity index (χ2v) is 12.8. The second kappa shape index (κ2) is 17.3. The lowest BCUT2D eigenvalue weighted by Gasteiger charge is -2.22. The van der Waals surface area contributed by atoms with E-state index in [0.717, 1.165) is 30.4 Å². The van der Waals surface area contributed by atoms with Crippen LogP contribution in [0.2, 0.25) is 0 Å². The number of hydrogen-bond donors (Lipinski definition) is 2. The minimum atomic E-state index is -4.05. The Balaban J connectivity index is 2.40. The number of sulfonamides is 1. The van der Waals surface area contributed by atoms with Crippen LogP contribution in [0.5, 0.6) is 0 Å². The Hall–Kier alpha value is -1.21. The molecule has 1 atom stereocenters. The van der Waals surface area contributed by atoms with E-state index in [1.807, 2.05) is 45.9 Å². The molecule has 0 saturated heterocycles. The molecule has 0 bridgehead atoms. The van der Waals surface area contributed by atoms with Crippen molar-refractivity contribution in [2.24, 2.45) is 0 Å². The first-order chi connectivity index (χ1) is 16.6. The molecule has 0 fully saturated rings. The van der Waals surface area contributed by atoms with E-state index in [9.17, 15) is 13.2 Å². The van der Waals surface area contributed by atoms with Gasteiger partial charge in [0.2, 0.25) is 4.58 Å². The zero-order valence-corrected chi connectivity index (χ0v) is 24.4. The molecule has 35 heavy (non-hydrogen) atoms. The number of thiol groups is 1. The van der Waals surface area contributed by atoms with Crippen LogP contribution in [0.4, 0.5) is 5.69 Å². The highest BCUT2D eigenvalue weighted by Gasteiger charge is 2.32. The summed E-state index contributed by atoms with van der Waals surface area (Å²) in [5.74, 6) is -0.568. The Bertz CT molecular complexity index is 811. The molecule has 202 valence electrons. The predicted molar refractivity (Wildman–Crippen MR) is 152 cm³/mol. The third-order valence-corrected chi connectivity index (χ3v) is 8.67. The van der Waals surface area contributed by atoms with Crippen molar-refractivity contribution in [2.45, 2.75) is 128 Å². The first kappa shape index (κ1) is 31.8. The molecular formula is C28H49NO4S2. The molecule has 1 aromatic carbocycles. The fraction of sp³-hybridized carbons (Fsp3) is 0.750. The lowest BCUT2D eigenvalue weighted by Crippen LogP contribution is -2.33. The molecule has 1 N–H and O–H groups in total. The first-order valence-electron chi connectivity index (χ1n) is 13.6. The van der Waals surface area contributed by atoms with Crippen LogP contribution >= 0.6 is 12.6 Å². The number of nitrogens with one attached hydrogen (secondary N) is 1. The van der Waals surface area contributed by atoms with Gasteiger partial charge in [-0.1, -0.05) is 123 Å². The fourth-order valence-corrected chi connectivity index (χ4v) is 5.37. The van der Waals surface area contributed by atoms with Gasteiger partial charge in [-0.2, -0.15) is 0 Å². The van der Waals surface area contributed by atoms with Gasteiger partial charge in [0.15, 0.2) is 0 Å². The summed E-state index contributed by atoms with van der Waals surface area (Å²) in [6.45, 7) is 10.5. The average Bonchev–Trinajstić information content (AvgIpc) is 2.80. The van der Waals surface area contributed by atoms with Crippen molar-refractivity contribution in [2.75, 3.05) is 11.3 Å². The zero-order valence-electron chi connectivity index (χ0n) is 22.6. The van der Waals surface area contributed by atoms with Crippen LogP contribution in [0.3, 0.4) is 0 Å². The summed E-state index contributed by atoms with van der Waals surface area (Å²) in [5.41, 5.74) is 2.33. The molecule has 0 spiro atoms. The Morgan fingerprint density at radius 2 is 1.26 bits per heavy atom. The van der Waals surface area contributed by atoms with Crippen molar-refractivity contribution in [1.29, 1.82) is 0 Å². The monoisotopic (exact) mass is 527 g/mol. The van der Waals surface area contributed by atoms with E-state index in [0.29, 0.717) is 5.69 Å². The summed E-state index contributed by atoms with van der Waals surface area (Å²) in [6.07, 6.45) is 14.6. The van der Waals surface area contributed by atoms with Crippen molar-refractivity contribution in [3.63, 3.8) is 0 Å². The molecule has 0 radical (unpaired) electrons. The number of carbonyl (C=O) groups is 1. The highest BCUT2D eigenvalue weighted by Crippen LogP contribution is 2.33. The smallest absolute Gasteiger partial charge is 0.336 e. The SMILES string of the molecule is CCCCCCCCCCCCCCOC(=O)C(S)S(=O)(=O)Nc1c(C(C)C)cccc1C(C)C. The van der Waals surface area contributed by atoms with Gasteiger partial charge in [-0.05, 0) is 29.4 Å². The maximum absolute atomic E-state index is 12.9. The molecule has 0 heterocycles. The van der Waals surface area contributed by atoms with Crippen LogP contribution in [-0.2, 0) is 19.6 Å². The predicted octanol–water partition coefficient (Wildman–Crippen LogP) is 8.18. The van der Waals surface area contributed by atoms with E-state index in [-0.39, 0.29) is 18.4 Å². The zero-order chi connectivity index (χ0) is 26.3. The molecule has 0 aliphatic rings. The molecule has 7 heteroatoms. The van der Waals surface area contributed by atoms with Gasteiger partial charge in [-0.15, -0.1) is 12.6 Å². The Morgan fingerprint density at radius 3 is 1.69 bits per heavy atom. The lowest BCUT2D eigenvalue weighted by molar-refractivity contribution is -0.141. The third kappa shape index (κ3) is 12.1. The van der Waals surface area contributed by atoms with Crippen molar-refractivity contribution < 1.29 is 17.9 Å². The molecule has 1 rings (SSSR count). The summed E-state index contributed by atoms with van der Waals surface area (Å²) in [5, 5.41) is 0. The lowest BCUT2D eigenvalue weighted by atomic mass is 9.93. The molecule has 0 amide bonds. The molecule has 0 aromatic heterocycles. The van der Waals surface area contributed by atoms with Crippen molar-refractivity contribution in [3.05, 3.63) is 29.3 Å². The molecule has 5 nitrogen and oxygen atoms in total. The van der Waals surface area contributed by atoms with Crippen LogP contribution in [-0.4, -0.2) is 25.6 Å². The standard InChI is InChI=1S/C28H49NO4S2/c1-6-7-8-9-10-11-12-13-14-15-16-17-21-33-27(30)28(34)35(31,32)29-26-24(22(2)3)19-18-20-25(26)23(4)5/h18-20,22-23,28-29,34H,6-17,21H2,1-5H3. The van der Waals surface area contributed by atoms with Crippen LogP contribution < -0.4 is 4.72 Å². The van der Waals surface area contributed by atoms with Gasteiger partial charge < -0.3 is 4.74 Å². The quantitative estimate of drug-likeness (QED) is 0.108. The van der Waals surface area contributed by atoms with E-state index >= 15 is 0 Å². The van der Waals surface area contributed by atoms with Gasteiger partial charge in [0, 0.05) is 0 Å². The van der Waals surface area contributed by atoms with Crippen molar-refractivity contribution in [1.82, 2.24) is 0 Å². The number of hydrogen-bond acceptors (Lipinski definition) is 5. The minimum absolute atomic E-state index is 0.127. The second-order valence-electron chi connectivity index (χ2n) is 10.2. The number of anilines is 1. The van der Waals surface area contributed by atoms with Crippen LogP contribution in [0, 0.1) is 0 Å². The van der Waals surface area contributed by atoms with Crippen LogP contribution in [0.25, 0.3) is 0 Å². The van der Waals surface area contributed by atoms with Gasteiger partial charge in [-0.3, -0.25) is 4.72 Å². The van der Waals surface area contributed by atoms with E-state index in [2.05, 4.69) is 24.3 Å². The van der Waals surface area contributed by atoms with E-state index in [1.54, 1.807) is 0 Å².